The Hall–Kier alpha value is -0.570. The zero-order valence-electron chi connectivity index (χ0n) is 7.09. The fourth-order valence-corrected chi connectivity index (χ4v) is 0.654. The fourth-order valence-electron chi connectivity index (χ4n) is 0.502. The molecule has 0 atom stereocenters. The monoisotopic (exact) mass is 173 g/mol. The van der Waals surface area contributed by atoms with E-state index in [-0.39, 0.29) is 0 Å². The van der Waals surface area contributed by atoms with Gasteiger partial charge in [-0.2, -0.15) is 0 Å². The van der Waals surface area contributed by atoms with Crippen LogP contribution in [-0.2, 0) is 4.74 Å². The summed E-state index contributed by atoms with van der Waals surface area (Å²) in [6.07, 6.45) is 5.81. The third kappa shape index (κ3) is 7.33. The van der Waals surface area contributed by atoms with Crippen molar-refractivity contribution in [3.05, 3.63) is 12.3 Å². The van der Waals surface area contributed by atoms with Gasteiger partial charge in [0.25, 0.3) is 5.17 Å². The first-order chi connectivity index (χ1) is 5.31. The number of rotatable bonds is 4. The Balaban J connectivity index is 3.23. The van der Waals surface area contributed by atoms with Gasteiger partial charge < -0.3 is 10.1 Å². The van der Waals surface area contributed by atoms with E-state index in [2.05, 4.69) is 12.2 Å². The molecule has 0 aromatic carbocycles. The summed E-state index contributed by atoms with van der Waals surface area (Å²) in [6.45, 7) is 4.74. The third-order valence-corrected chi connectivity index (χ3v) is 1.33. The minimum atomic E-state index is 0.455. The van der Waals surface area contributed by atoms with E-state index in [1.807, 2.05) is 13.0 Å². The highest BCUT2D eigenvalue weighted by Gasteiger charge is 1.90. The molecule has 0 saturated heterocycles. The van der Waals surface area contributed by atoms with Crippen molar-refractivity contribution in [2.75, 3.05) is 6.61 Å². The average Bonchev–Trinajstić information content (AvgIpc) is 2.01. The minimum Gasteiger partial charge on any atom is -0.471 e. The number of unbranched alkanes of at least 4 members (excludes halogenated alkanes) is 1. The largest absolute Gasteiger partial charge is 0.471 e. The second-order valence-electron chi connectivity index (χ2n) is 2.13. The Bertz CT molecular complexity index is 134. The van der Waals surface area contributed by atoms with Gasteiger partial charge in [-0.1, -0.05) is 19.4 Å². The second-order valence-corrected chi connectivity index (χ2v) is 2.50. The Kier molecular flexibility index (Phi) is 7.15. The molecular weight excluding hydrogens is 158 g/mol. The standard InChI is InChI=1S/C8H15NOS/c1-3-5-7-10-8(11)9-6-4-2/h4,6H,3,5,7H2,1-2H3,(H,9,11)/b6-4+. The predicted molar refractivity (Wildman–Crippen MR) is 51.4 cm³/mol. The highest BCUT2D eigenvalue weighted by Crippen LogP contribution is 1.88. The molecule has 0 bridgehead atoms. The van der Waals surface area contributed by atoms with Crippen LogP contribution in [0, 0.1) is 0 Å². The summed E-state index contributed by atoms with van der Waals surface area (Å²) in [5.41, 5.74) is 0. The van der Waals surface area contributed by atoms with Crippen LogP contribution in [0.1, 0.15) is 26.7 Å². The fraction of sp³-hybridized carbons (Fsp3) is 0.625. The van der Waals surface area contributed by atoms with E-state index in [0.717, 1.165) is 12.8 Å². The van der Waals surface area contributed by atoms with Gasteiger partial charge >= 0.3 is 0 Å². The summed E-state index contributed by atoms with van der Waals surface area (Å²) < 4.78 is 5.15. The van der Waals surface area contributed by atoms with E-state index in [4.69, 9.17) is 17.0 Å². The molecule has 0 aliphatic rings. The molecule has 2 nitrogen and oxygen atoms in total. The van der Waals surface area contributed by atoms with Crippen molar-refractivity contribution in [3.8, 4) is 0 Å². The van der Waals surface area contributed by atoms with Crippen LogP contribution in [0.25, 0.3) is 0 Å². The van der Waals surface area contributed by atoms with Gasteiger partial charge in [-0.15, -0.1) is 0 Å². The van der Waals surface area contributed by atoms with E-state index >= 15 is 0 Å². The van der Waals surface area contributed by atoms with Crippen molar-refractivity contribution < 1.29 is 4.74 Å². The summed E-state index contributed by atoms with van der Waals surface area (Å²) in [4.78, 5) is 0. The highest BCUT2D eigenvalue weighted by molar-refractivity contribution is 7.80. The van der Waals surface area contributed by atoms with Crippen LogP contribution in [0.15, 0.2) is 12.3 Å². The Morgan fingerprint density at radius 2 is 2.36 bits per heavy atom. The van der Waals surface area contributed by atoms with Crippen LogP contribution in [0.4, 0.5) is 0 Å². The van der Waals surface area contributed by atoms with Gasteiger partial charge in [0, 0.05) is 6.20 Å². The van der Waals surface area contributed by atoms with Crippen molar-refractivity contribution >= 4 is 17.4 Å². The van der Waals surface area contributed by atoms with Crippen molar-refractivity contribution in [2.45, 2.75) is 26.7 Å². The number of thiocarbonyl (C=S) groups is 1. The topological polar surface area (TPSA) is 21.3 Å². The molecule has 0 saturated carbocycles. The van der Waals surface area contributed by atoms with Crippen LogP contribution >= 0.6 is 12.2 Å². The molecule has 11 heavy (non-hydrogen) atoms. The van der Waals surface area contributed by atoms with E-state index in [1.165, 1.54) is 0 Å². The molecule has 0 amide bonds. The average molecular weight is 173 g/mol. The molecule has 0 unspecified atom stereocenters. The van der Waals surface area contributed by atoms with Crippen LogP contribution < -0.4 is 5.32 Å². The lowest BCUT2D eigenvalue weighted by atomic mass is 10.4. The maximum atomic E-state index is 5.15. The molecule has 0 rings (SSSR count). The molecular formula is C8H15NOS. The van der Waals surface area contributed by atoms with Gasteiger partial charge in [0.15, 0.2) is 0 Å². The van der Waals surface area contributed by atoms with Crippen LogP contribution in [0.2, 0.25) is 0 Å². The molecule has 0 fully saturated rings. The smallest absolute Gasteiger partial charge is 0.260 e. The van der Waals surface area contributed by atoms with Crippen molar-refractivity contribution in [3.63, 3.8) is 0 Å². The quantitative estimate of drug-likeness (QED) is 0.520. The third-order valence-electron chi connectivity index (χ3n) is 1.10. The number of nitrogens with one attached hydrogen (secondary N) is 1. The highest BCUT2D eigenvalue weighted by atomic mass is 32.1. The summed E-state index contributed by atoms with van der Waals surface area (Å²) in [7, 11) is 0. The first-order valence-corrected chi connectivity index (χ1v) is 4.26. The van der Waals surface area contributed by atoms with E-state index in [0.29, 0.717) is 11.8 Å². The summed E-state index contributed by atoms with van der Waals surface area (Å²) in [5, 5.41) is 3.28. The number of ether oxygens (including phenoxy) is 1. The van der Waals surface area contributed by atoms with Gasteiger partial charge in [-0.05, 0) is 25.6 Å². The second kappa shape index (κ2) is 7.54. The van der Waals surface area contributed by atoms with E-state index < -0.39 is 0 Å². The number of hydrogen-bond acceptors (Lipinski definition) is 2. The lowest BCUT2D eigenvalue weighted by Gasteiger charge is -2.04. The molecule has 0 heterocycles. The normalized spacial score (nSPS) is 10.0. The lowest BCUT2D eigenvalue weighted by Crippen LogP contribution is -2.18. The van der Waals surface area contributed by atoms with Gasteiger partial charge in [-0.3, -0.25) is 0 Å². The molecule has 0 radical (unpaired) electrons. The molecule has 1 N–H and O–H groups in total. The first kappa shape index (κ1) is 10.4. The van der Waals surface area contributed by atoms with Gasteiger partial charge in [0.05, 0.1) is 6.61 Å². The molecule has 0 spiro atoms. The van der Waals surface area contributed by atoms with Crippen LogP contribution in [0.3, 0.4) is 0 Å². The molecule has 64 valence electrons. The molecule has 0 aromatic rings. The Labute approximate surface area is 73.6 Å². The number of hydrogen-bond donors (Lipinski definition) is 1. The summed E-state index contributed by atoms with van der Waals surface area (Å²) in [5.74, 6) is 0. The zero-order valence-corrected chi connectivity index (χ0v) is 7.91. The van der Waals surface area contributed by atoms with Gasteiger partial charge in [-0.25, -0.2) is 0 Å². The Morgan fingerprint density at radius 1 is 1.64 bits per heavy atom. The zero-order chi connectivity index (χ0) is 8.53. The van der Waals surface area contributed by atoms with Crippen molar-refractivity contribution in [2.24, 2.45) is 0 Å². The maximum absolute atomic E-state index is 5.15. The maximum Gasteiger partial charge on any atom is 0.260 e. The number of allylic oxidation sites excluding steroid dienone is 1. The lowest BCUT2D eigenvalue weighted by molar-refractivity contribution is 0.295. The summed E-state index contributed by atoms with van der Waals surface area (Å²) in [6, 6.07) is 0. The van der Waals surface area contributed by atoms with Crippen molar-refractivity contribution in [1.29, 1.82) is 0 Å². The molecule has 0 aromatic heterocycles. The van der Waals surface area contributed by atoms with Crippen LogP contribution in [-0.4, -0.2) is 11.8 Å². The first-order valence-electron chi connectivity index (χ1n) is 3.85. The van der Waals surface area contributed by atoms with E-state index in [1.54, 1.807) is 6.20 Å². The molecule has 0 aliphatic heterocycles. The Morgan fingerprint density at radius 3 is 2.91 bits per heavy atom. The minimum absolute atomic E-state index is 0.455. The molecule has 3 heteroatoms. The SMILES string of the molecule is C/C=C/NC(=S)OCCCC. The van der Waals surface area contributed by atoms with Crippen LogP contribution in [0.5, 0.6) is 0 Å². The molecule has 0 aliphatic carbocycles. The van der Waals surface area contributed by atoms with Gasteiger partial charge in [0.2, 0.25) is 0 Å². The van der Waals surface area contributed by atoms with Crippen molar-refractivity contribution in [1.82, 2.24) is 5.32 Å². The predicted octanol–water partition coefficient (Wildman–Crippen LogP) is 2.21. The van der Waals surface area contributed by atoms with Gasteiger partial charge in [0.1, 0.15) is 0 Å². The van der Waals surface area contributed by atoms with E-state index in [9.17, 15) is 0 Å². The summed E-state index contributed by atoms with van der Waals surface area (Å²) >= 11 is 4.85.